The number of thiophene rings is 1. The van der Waals surface area contributed by atoms with Gasteiger partial charge in [0.15, 0.2) is 0 Å². The zero-order chi connectivity index (χ0) is 13.2. The molecule has 0 amide bonds. The highest BCUT2D eigenvalue weighted by Crippen LogP contribution is 2.24. The van der Waals surface area contributed by atoms with Gasteiger partial charge in [0.25, 0.3) is 0 Å². The van der Waals surface area contributed by atoms with E-state index in [4.69, 9.17) is 6.42 Å². The van der Waals surface area contributed by atoms with E-state index in [1.165, 1.54) is 35.5 Å². The van der Waals surface area contributed by atoms with Crippen LogP contribution in [0.5, 0.6) is 0 Å². The molecule has 2 rings (SSSR count). The molecule has 0 atom stereocenters. The molecule has 98 valence electrons. The van der Waals surface area contributed by atoms with Gasteiger partial charge in [0, 0.05) is 29.9 Å². The number of sulfonamides is 1. The maximum absolute atomic E-state index is 12.1. The lowest BCUT2D eigenvalue weighted by molar-refractivity contribution is 0.503. The molecule has 0 spiro atoms. The highest BCUT2D eigenvalue weighted by molar-refractivity contribution is 7.89. The molecule has 1 aliphatic carbocycles. The number of nitrogens with zero attached hydrogens (tertiary/aromatic N) is 1. The van der Waals surface area contributed by atoms with E-state index in [-0.39, 0.29) is 6.54 Å². The topological polar surface area (TPSA) is 49.4 Å². The van der Waals surface area contributed by atoms with Crippen LogP contribution in [0.25, 0.3) is 0 Å². The summed E-state index contributed by atoms with van der Waals surface area (Å²) >= 11 is 1.46. The van der Waals surface area contributed by atoms with Crippen LogP contribution in [0.2, 0.25) is 0 Å². The van der Waals surface area contributed by atoms with E-state index in [1.54, 1.807) is 11.4 Å². The van der Waals surface area contributed by atoms with Gasteiger partial charge >= 0.3 is 0 Å². The van der Waals surface area contributed by atoms with E-state index in [1.807, 2.05) is 0 Å². The summed E-state index contributed by atoms with van der Waals surface area (Å²) in [5.41, 5.74) is 0. The number of rotatable bonds is 6. The van der Waals surface area contributed by atoms with E-state index in [9.17, 15) is 8.42 Å². The van der Waals surface area contributed by atoms with E-state index >= 15 is 0 Å². The highest BCUT2D eigenvalue weighted by Gasteiger charge is 2.23. The molecule has 4 nitrogen and oxygen atoms in total. The fourth-order valence-corrected chi connectivity index (χ4v) is 3.81. The van der Waals surface area contributed by atoms with Gasteiger partial charge < -0.3 is 5.32 Å². The Balaban J connectivity index is 2.05. The van der Waals surface area contributed by atoms with Crippen LogP contribution in [0, 0.1) is 12.3 Å². The van der Waals surface area contributed by atoms with Crippen LogP contribution >= 0.6 is 11.3 Å². The van der Waals surface area contributed by atoms with Crippen molar-refractivity contribution in [2.24, 2.45) is 0 Å². The van der Waals surface area contributed by atoms with Gasteiger partial charge in [-0.2, -0.15) is 4.31 Å². The molecule has 0 saturated heterocycles. The minimum absolute atomic E-state index is 0.0911. The largest absolute Gasteiger partial charge is 0.309 e. The quantitative estimate of drug-likeness (QED) is 0.800. The molecule has 1 heterocycles. The molecular formula is C12H16N2O2S2. The van der Waals surface area contributed by atoms with Crippen molar-refractivity contribution in [3.63, 3.8) is 0 Å². The first-order valence-corrected chi connectivity index (χ1v) is 8.06. The Labute approximate surface area is 112 Å². The zero-order valence-corrected chi connectivity index (χ0v) is 11.9. The summed E-state index contributed by atoms with van der Waals surface area (Å²) in [4.78, 5) is 1.37. The van der Waals surface area contributed by atoms with E-state index in [0.717, 1.165) is 11.4 Å². The van der Waals surface area contributed by atoms with Crippen LogP contribution in [0.1, 0.15) is 17.7 Å². The Kier molecular flexibility index (Phi) is 4.07. The van der Waals surface area contributed by atoms with Gasteiger partial charge in [-0.3, -0.25) is 0 Å². The summed E-state index contributed by atoms with van der Waals surface area (Å²) in [6.07, 6.45) is 7.58. The average Bonchev–Trinajstić information content (AvgIpc) is 3.03. The molecule has 1 aliphatic rings. The van der Waals surface area contributed by atoms with Crippen LogP contribution in [0.15, 0.2) is 16.3 Å². The third kappa shape index (κ3) is 3.12. The highest BCUT2D eigenvalue weighted by atomic mass is 32.2. The third-order valence-corrected chi connectivity index (χ3v) is 5.66. The van der Waals surface area contributed by atoms with Gasteiger partial charge in [-0.05, 0) is 18.9 Å². The van der Waals surface area contributed by atoms with Crippen LogP contribution < -0.4 is 5.32 Å². The second-order valence-corrected chi connectivity index (χ2v) is 7.41. The monoisotopic (exact) mass is 284 g/mol. The van der Waals surface area contributed by atoms with Crippen molar-refractivity contribution in [1.29, 1.82) is 0 Å². The molecule has 6 heteroatoms. The van der Waals surface area contributed by atoms with Crippen molar-refractivity contribution < 1.29 is 8.42 Å². The molecule has 1 saturated carbocycles. The van der Waals surface area contributed by atoms with Gasteiger partial charge in [-0.15, -0.1) is 17.8 Å². The average molecular weight is 284 g/mol. The molecule has 1 aromatic heterocycles. The minimum atomic E-state index is -3.43. The first-order valence-electron chi connectivity index (χ1n) is 5.74. The molecule has 1 aromatic rings. The van der Waals surface area contributed by atoms with Crippen molar-refractivity contribution in [3.8, 4) is 12.3 Å². The standard InChI is InChI=1S/C12H16N2O2S2/c1-3-6-14(2)18(15,16)12-7-11(17-9-12)8-13-10-4-5-10/h1,7,9-10,13H,4-6,8H2,2H3. The summed E-state index contributed by atoms with van der Waals surface area (Å²) in [7, 11) is -1.93. The number of hydrogen-bond acceptors (Lipinski definition) is 4. The van der Waals surface area contributed by atoms with Gasteiger partial charge in [-0.1, -0.05) is 5.92 Å². The van der Waals surface area contributed by atoms with Gasteiger partial charge in [0.2, 0.25) is 10.0 Å². The molecule has 18 heavy (non-hydrogen) atoms. The van der Waals surface area contributed by atoms with E-state index < -0.39 is 10.0 Å². The van der Waals surface area contributed by atoms with Crippen LogP contribution in [0.4, 0.5) is 0 Å². The fourth-order valence-electron chi connectivity index (χ4n) is 1.51. The smallest absolute Gasteiger partial charge is 0.244 e. The molecular weight excluding hydrogens is 268 g/mol. The number of terminal acetylenes is 1. The first kappa shape index (κ1) is 13.6. The second-order valence-electron chi connectivity index (χ2n) is 4.37. The predicted molar refractivity (Wildman–Crippen MR) is 72.8 cm³/mol. The third-order valence-electron chi connectivity index (χ3n) is 2.79. The molecule has 0 bridgehead atoms. The van der Waals surface area contributed by atoms with Crippen LogP contribution in [-0.4, -0.2) is 32.4 Å². The minimum Gasteiger partial charge on any atom is -0.309 e. The predicted octanol–water partition coefficient (Wildman–Crippen LogP) is 1.25. The molecule has 0 radical (unpaired) electrons. The molecule has 0 aromatic carbocycles. The Morgan fingerprint density at radius 3 is 2.94 bits per heavy atom. The van der Waals surface area contributed by atoms with E-state index in [2.05, 4.69) is 11.2 Å². The Morgan fingerprint density at radius 2 is 2.33 bits per heavy atom. The molecule has 1 fully saturated rings. The maximum atomic E-state index is 12.1. The summed E-state index contributed by atoms with van der Waals surface area (Å²) in [6.45, 7) is 0.831. The van der Waals surface area contributed by atoms with Crippen molar-refractivity contribution >= 4 is 21.4 Å². The van der Waals surface area contributed by atoms with Crippen molar-refractivity contribution in [2.75, 3.05) is 13.6 Å². The van der Waals surface area contributed by atoms with E-state index in [0.29, 0.717) is 10.9 Å². The van der Waals surface area contributed by atoms with Crippen molar-refractivity contribution in [1.82, 2.24) is 9.62 Å². The SMILES string of the molecule is C#CCN(C)S(=O)(=O)c1csc(CNC2CC2)c1. The van der Waals surface area contributed by atoms with Crippen LogP contribution in [-0.2, 0) is 16.6 Å². The molecule has 0 aliphatic heterocycles. The van der Waals surface area contributed by atoms with Crippen LogP contribution in [0.3, 0.4) is 0 Å². The van der Waals surface area contributed by atoms with Crippen molar-refractivity contribution in [3.05, 3.63) is 16.3 Å². The summed E-state index contributed by atoms with van der Waals surface area (Å²) in [6, 6.07) is 2.35. The Morgan fingerprint density at radius 1 is 1.61 bits per heavy atom. The molecule has 1 N–H and O–H groups in total. The van der Waals surface area contributed by atoms with Gasteiger partial charge in [0.1, 0.15) is 0 Å². The first-order chi connectivity index (χ1) is 8.54. The number of hydrogen-bond donors (Lipinski definition) is 1. The summed E-state index contributed by atoms with van der Waals surface area (Å²) < 4.78 is 25.4. The lowest BCUT2D eigenvalue weighted by Crippen LogP contribution is -2.26. The Hall–Kier alpha value is -0.870. The maximum Gasteiger partial charge on any atom is 0.244 e. The normalized spacial score (nSPS) is 15.8. The summed E-state index contributed by atoms with van der Waals surface area (Å²) in [5.74, 6) is 2.34. The zero-order valence-electron chi connectivity index (χ0n) is 10.2. The second kappa shape index (κ2) is 5.41. The Bertz CT molecular complexity index is 553. The lowest BCUT2D eigenvalue weighted by Gasteiger charge is -2.12. The van der Waals surface area contributed by atoms with Gasteiger partial charge in [0.05, 0.1) is 11.4 Å². The lowest BCUT2D eigenvalue weighted by atomic mass is 10.4. The van der Waals surface area contributed by atoms with Gasteiger partial charge in [-0.25, -0.2) is 8.42 Å². The fraction of sp³-hybridized carbons (Fsp3) is 0.500. The molecule has 0 unspecified atom stereocenters. The van der Waals surface area contributed by atoms with Crippen molar-refractivity contribution in [2.45, 2.75) is 30.3 Å². The summed E-state index contributed by atoms with van der Waals surface area (Å²) in [5, 5.41) is 5.03. The number of nitrogens with one attached hydrogen (secondary N) is 1.